The fourth-order valence-electron chi connectivity index (χ4n) is 4.47. The van der Waals surface area contributed by atoms with E-state index in [1.54, 1.807) is 18.2 Å². The monoisotopic (exact) mass is 401 g/mol. The first-order valence-corrected chi connectivity index (χ1v) is 9.86. The van der Waals surface area contributed by atoms with Crippen LogP contribution in [0.25, 0.3) is 0 Å². The quantitative estimate of drug-likeness (QED) is 0.643. The molecule has 6 rings (SSSR count). The normalized spacial score (nSPS) is 23.8. The molecule has 3 heterocycles. The summed E-state index contributed by atoms with van der Waals surface area (Å²) in [5.74, 6) is 0.438. The first kappa shape index (κ1) is 16.6. The second-order valence-electron chi connectivity index (χ2n) is 7.41. The van der Waals surface area contributed by atoms with Gasteiger partial charge in [-0.05, 0) is 29.8 Å². The maximum atomic E-state index is 13.3. The highest BCUT2D eigenvalue weighted by atomic mass is 35.5. The molecule has 0 aliphatic carbocycles. The zero-order valence-electron chi connectivity index (χ0n) is 15.3. The van der Waals surface area contributed by atoms with Gasteiger partial charge in [-0.1, -0.05) is 60.1 Å². The molecule has 0 fully saturated rings. The Morgan fingerprint density at radius 2 is 1.86 bits per heavy atom. The lowest BCUT2D eigenvalue weighted by Gasteiger charge is -2.44. The lowest BCUT2D eigenvalue weighted by atomic mass is 9.92. The van der Waals surface area contributed by atoms with Gasteiger partial charge in [-0.2, -0.15) is 5.10 Å². The Hall–Kier alpha value is -3.31. The SMILES string of the molecule is O=C1Nc2ccc(Cl)cc2[C@@]12Oc1ccccc1[C@@H]1CC(c3ccccc3)=NN12. The summed E-state index contributed by atoms with van der Waals surface area (Å²) in [6.07, 6.45) is 0.690. The fourth-order valence-corrected chi connectivity index (χ4v) is 4.64. The van der Waals surface area contributed by atoms with E-state index in [2.05, 4.69) is 5.32 Å². The van der Waals surface area contributed by atoms with Crippen molar-refractivity contribution in [2.75, 3.05) is 5.32 Å². The molecule has 3 aliphatic rings. The molecule has 142 valence electrons. The van der Waals surface area contributed by atoms with E-state index < -0.39 is 5.72 Å². The lowest BCUT2D eigenvalue weighted by molar-refractivity contribution is -0.161. The van der Waals surface area contributed by atoms with Gasteiger partial charge in [0, 0.05) is 17.0 Å². The van der Waals surface area contributed by atoms with Crippen molar-refractivity contribution in [1.82, 2.24) is 5.01 Å². The zero-order chi connectivity index (χ0) is 19.6. The van der Waals surface area contributed by atoms with Gasteiger partial charge >= 0.3 is 5.72 Å². The summed E-state index contributed by atoms with van der Waals surface area (Å²) >= 11 is 6.29. The number of amides is 1. The summed E-state index contributed by atoms with van der Waals surface area (Å²) < 4.78 is 6.42. The van der Waals surface area contributed by atoms with Gasteiger partial charge in [0.15, 0.2) is 0 Å². The summed E-state index contributed by atoms with van der Waals surface area (Å²) in [5, 5.41) is 10.2. The van der Waals surface area contributed by atoms with Gasteiger partial charge in [-0.3, -0.25) is 4.79 Å². The van der Waals surface area contributed by atoms with Crippen LogP contribution in [0.1, 0.15) is 29.2 Å². The molecule has 1 spiro atoms. The molecule has 0 radical (unpaired) electrons. The van der Waals surface area contributed by atoms with E-state index in [0.717, 1.165) is 16.8 Å². The second kappa shape index (κ2) is 5.84. The highest BCUT2D eigenvalue weighted by Gasteiger charge is 2.60. The van der Waals surface area contributed by atoms with Crippen LogP contribution in [0.2, 0.25) is 5.02 Å². The van der Waals surface area contributed by atoms with E-state index >= 15 is 0 Å². The molecular formula is C23H16ClN3O2. The minimum atomic E-state index is -1.38. The van der Waals surface area contributed by atoms with Gasteiger partial charge in [-0.25, -0.2) is 5.01 Å². The van der Waals surface area contributed by atoms with Crippen LogP contribution in [-0.2, 0) is 10.5 Å². The number of rotatable bonds is 1. The summed E-state index contributed by atoms with van der Waals surface area (Å²) in [6, 6.07) is 23.1. The van der Waals surface area contributed by atoms with E-state index in [9.17, 15) is 4.79 Å². The molecule has 3 aliphatic heterocycles. The third-order valence-corrected chi connectivity index (χ3v) is 6.01. The minimum absolute atomic E-state index is 0.106. The van der Waals surface area contributed by atoms with Crippen LogP contribution < -0.4 is 10.1 Å². The molecule has 0 saturated heterocycles. The van der Waals surface area contributed by atoms with Crippen molar-refractivity contribution in [1.29, 1.82) is 0 Å². The number of carbonyl (C=O) groups is 1. The average Bonchev–Trinajstić information content (AvgIpc) is 3.31. The Labute approximate surface area is 172 Å². The van der Waals surface area contributed by atoms with Gasteiger partial charge < -0.3 is 10.1 Å². The Bertz CT molecular complexity index is 1190. The third-order valence-electron chi connectivity index (χ3n) is 5.78. The van der Waals surface area contributed by atoms with Gasteiger partial charge in [0.2, 0.25) is 0 Å². The number of fused-ring (bicyclic) bond motifs is 6. The van der Waals surface area contributed by atoms with Crippen molar-refractivity contribution < 1.29 is 9.53 Å². The summed E-state index contributed by atoms with van der Waals surface area (Å²) in [6.45, 7) is 0. The number of ether oxygens (including phenoxy) is 1. The van der Waals surface area contributed by atoms with E-state index in [1.807, 2.05) is 59.6 Å². The molecule has 1 amide bonds. The van der Waals surface area contributed by atoms with Crippen LogP contribution in [0.3, 0.4) is 0 Å². The standard InChI is InChI=1S/C23H16ClN3O2/c24-15-10-11-18-17(12-15)23(22(28)25-18)27-20(16-8-4-5-9-21(16)29-23)13-19(26-27)14-6-2-1-3-7-14/h1-12,20H,13H2,(H,25,28)/t20-,23+/m0/s1. The number of nitrogens with zero attached hydrogens (tertiary/aromatic N) is 2. The topological polar surface area (TPSA) is 53.9 Å². The Kier molecular flexibility index (Phi) is 3.35. The largest absolute Gasteiger partial charge is 0.453 e. The van der Waals surface area contributed by atoms with Crippen molar-refractivity contribution in [3.8, 4) is 5.75 Å². The van der Waals surface area contributed by atoms with Gasteiger partial charge in [0.1, 0.15) is 5.75 Å². The number of carbonyl (C=O) groups excluding carboxylic acids is 1. The van der Waals surface area contributed by atoms with E-state index in [4.69, 9.17) is 21.4 Å². The van der Waals surface area contributed by atoms with Crippen molar-refractivity contribution in [3.63, 3.8) is 0 Å². The number of nitrogens with one attached hydrogen (secondary N) is 1. The number of benzene rings is 3. The minimum Gasteiger partial charge on any atom is -0.453 e. The second-order valence-corrected chi connectivity index (χ2v) is 7.84. The molecule has 0 unspecified atom stereocenters. The molecule has 3 aromatic carbocycles. The number of hydrogen-bond donors (Lipinski definition) is 1. The summed E-state index contributed by atoms with van der Waals surface area (Å²) in [5.41, 5.74) is 3.00. The Morgan fingerprint density at radius 3 is 2.72 bits per heavy atom. The first-order chi connectivity index (χ1) is 14.2. The molecule has 1 N–H and O–H groups in total. The zero-order valence-corrected chi connectivity index (χ0v) is 16.1. The lowest BCUT2D eigenvalue weighted by Crippen LogP contribution is -2.55. The fraction of sp³-hybridized carbons (Fsp3) is 0.130. The highest BCUT2D eigenvalue weighted by molar-refractivity contribution is 6.31. The molecular weight excluding hydrogens is 386 g/mol. The van der Waals surface area contributed by atoms with Crippen LogP contribution in [0.5, 0.6) is 5.75 Å². The number of halogens is 1. The Morgan fingerprint density at radius 1 is 1.07 bits per heavy atom. The molecule has 5 nitrogen and oxygen atoms in total. The van der Waals surface area contributed by atoms with Gasteiger partial charge in [0.05, 0.1) is 23.0 Å². The number of para-hydroxylation sites is 1. The maximum absolute atomic E-state index is 13.3. The van der Waals surface area contributed by atoms with E-state index in [-0.39, 0.29) is 11.9 Å². The van der Waals surface area contributed by atoms with Crippen molar-refractivity contribution in [2.24, 2.45) is 5.10 Å². The molecule has 0 saturated carbocycles. The molecule has 6 heteroatoms. The van der Waals surface area contributed by atoms with E-state index in [0.29, 0.717) is 28.4 Å². The number of hydrazone groups is 1. The number of anilines is 1. The predicted octanol–water partition coefficient (Wildman–Crippen LogP) is 4.69. The summed E-state index contributed by atoms with van der Waals surface area (Å²) in [4.78, 5) is 13.3. The van der Waals surface area contributed by atoms with Crippen LogP contribution >= 0.6 is 11.6 Å². The van der Waals surface area contributed by atoms with Crippen LogP contribution in [0, 0.1) is 0 Å². The van der Waals surface area contributed by atoms with Crippen molar-refractivity contribution in [3.05, 3.63) is 94.5 Å². The predicted molar refractivity (Wildman–Crippen MR) is 111 cm³/mol. The van der Waals surface area contributed by atoms with Gasteiger partial charge in [-0.15, -0.1) is 0 Å². The van der Waals surface area contributed by atoms with Crippen molar-refractivity contribution in [2.45, 2.75) is 18.2 Å². The molecule has 0 aromatic heterocycles. The maximum Gasteiger partial charge on any atom is 0.306 e. The summed E-state index contributed by atoms with van der Waals surface area (Å²) in [7, 11) is 0. The average molecular weight is 402 g/mol. The molecule has 29 heavy (non-hydrogen) atoms. The van der Waals surface area contributed by atoms with Crippen LogP contribution in [0.15, 0.2) is 77.9 Å². The van der Waals surface area contributed by atoms with E-state index in [1.165, 1.54) is 0 Å². The third kappa shape index (κ3) is 2.22. The van der Waals surface area contributed by atoms with Crippen LogP contribution in [0.4, 0.5) is 5.69 Å². The highest BCUT2D eigenvalue weighted by Crippen LogP contribution is 2.54. The Balaban J connectivity index is 1.59. The van der Waals surface area contributed by atoms with Crippen molar-refractivity contribution >= 4 is 28.9 Å². The first-order valence-electron chi connectivity index (χ1n) is 9.48. The smallest absolute Gasteiger partial charge is 0.306 e. The number of hydrogen-bond acceptors (Lipinski definition) is 4. The molecule has 3 aromatic rings. The molecule has 2 atom stereocenters. The van der Waals surface area contributed by atoms with Gasteiger partial charge in [0.25, 0.3) is 5.91 Å². The molecule has 0 bridgehead atoms. The van der Waals surface area contributed by atoms with Crippen LogP contribution in [-0.4, -0.2) is 16.6 Å².